The zero-order valence-corrected chi connectivity index (χ0v) is 11.7. The van der Waals surface area contributed by atoms with Crippen LogP contribution in [0.2, 0.25) is 0 Å². The van der Waals surface area contributed by atoms with Crippen LogP contribution in [-0.2, 0) is 0 Å². The van der Waals surface area contributed by atoms with Crippen LogP contribution in [-0.4, -0.2) is 19.9 Å². The van der Waals surface area contributed by atoms with E-state index in [2.05, 4.69) is 45.2 Å². The molecule has 0 amide bonds. The van der Waals surface area contributed by atoms with Gasteiger partial charge in [0.2, 0.25) is 0 Å². The van der Waals surface area contributed by atoms with E-state index in [1.807, 2.05) is 6.07 Å². The van der Waals surface area contributed by atoms with Gasteiger partial charge in [0.15, 0.2) is 0 Å². The van der Waals surface area contributed by atoms with Crippen LogP contribution in [0.3, 0.4) is 0 Å². The van der Waals surface area contributed by atoms with Gasteiger partial charge in [0.05, 0.1) is 17.4 Å². The van der Waals surface area contributed by atoms with Crippen LogP contribution in [0.1, 0.15) is 24.0 Å². The molecule has 104 valence electrons. The highest BCUT2D eigenvalue weighted by Gasteiger charge is 2.05. The number of rotatable bonds is 5. The molecule has 0 saturated carbocycles. The van der Waals surface area contributed by atoms with Gasteiger partial charge in [-0.25, -0.2) is 15.0 Å². The molecule has 0 bridgehead atoms. The summed E-state index contributed by atoms with van der Waals surface area (Å²) in [6.45, 7) is 8.27. The maximum absolute atomic E-state index is 4.27. The van der Waals surface area contributed by atoms with Gasteiger partial charge >= 0.3 is 0 Å². The molecule has 3 rings (SSSR count). The minimum absolute atomic E-state index is 0.838. The van der Waals surface area contributed by atoms with Crippen LogP contribution in [0.25, 0.3) is 22.2 Å². The van der Waals surface area contributed by atoms with Crippen LogP contribution in [0.5, 0.6) is 0 Å². The summed E-state index contributed by atoms with van der Waals surface area (Å²) in [7, 11) is 0. The molecule has 0 aliphatic heterocycles. The van der Waals surface area contributed by atoms with E-state index in [1.165, 1.54) is 6.33 Å². The maximum Gasteiger partial charge on any atom is 0.115 e. The summed E-state index contributed by atoms with van der Waals surface area (Å²) < 4.78 is 0. The molecule has 0 fully saturated rings. The smallest absolute Gasteiger partial charge is 0.115 e. The number of hydrogen-bond donors (Lipinski definition) is 1. The molecule has 4 heteroatoms. The largest absolute Gasteiger partial charge is 0.345 e. The lowest BCUT2D eigenvalue weighted by atomic mass is 9.98. The van der Waals surface area contributed by atoms with Gasteiger partial charge in [-0.05, 0) is 41.7 Å². The van der Waals surface area contributed by atoms with Gasteiger partial charge in [-0.3, -0.25) is 0 Å². The molecule has 3 aromatic rings. The van der Waals surface area contributed by atoms with Gasteiger partial charge < -0.3 is 4.98 Å². The Morgan fingerprint density at radius 2 is 1.71 bits per heavy atom. The molecule has 0 atom stereocenters. The summed E-state index contributed by atoms with van der Waals surface area (Å²) in [6, 6.07) is 6.16. The molecule has 4 nitrogen and oxygen atoms in total. The minimum Gasteiger partial charge on any atom is -0.345 e. The molecule has 0 saturated heterocycles. The van der Waals surface area contributed by atoms with Crippen molar-refractivity contribution in [3.05, 3.63) is 67.5 Å². The number of aromatic nitrogens is 4. The van der Waals surface area contributed by atoms with E-state index in [4.69, 9.17) is 0 Å². The van der Waals surface area contributed by atoms with Crippen molar-refractivity contribution in [2.75, 3.05) is 0 Å². The van der Waals surface area contributed by atoms with E-state index in [9.17, 15) is 0 Å². The first kappa shape index (κ1) is 13.2. The first-order chi connectivity index (χ1) is 10.2. The van der Waals surface area contributed by atoms with Gasteiger partial charge in [0.25, 0.3) is 0 Å². The van der Waals surface area contributed by atoms with Gasteiger partial charge in [0, 0.05) is 18.0 Å². The van der Waals surface area contributed by atoms with Crippen molar-refractivity contribution >= 4 is 22.2 Å². The van der Waals surface area contributed by atoms with Crippen LogP contribution >= 0.6 is 0 Å². The van der Waals surface area contributed by atoms with E-state index < -0.39 is 0 Å². The number of allylic oxidation sites excluding steroid dienone is 2. The molecule has 0 spiro atoms. The van der Waals surface area contributed by atoms with Crippen LogP contribution in [0, 0.1) is 0 Å². The second-order valence-electron chi connectivity index (χ2n) is 4.97. The predicted molar refractivity (Wildman–Crippen MR) is 85.4 cm³/mol. The van der Waals surface area contributed by atoms with Crippen LogP contribution < -0.4 is 0 Å². The molecular formula is C17H16N4. The highest BCUT2D eigenvalue weighted by atomic mass is 14.9. The molecule has 0 aliphatic carbocycles. The van der Waals surface area contributed by atoms with Crippen molar-refractivity contribution < 1.29 is 0 Å². The lowest BCUT2D eigenvalue weighted by Gasteiger charge is -2.08. The zero-order chi connectivity index (χ0) is 14.7. The first-order valence-electron chi connectivity index (χ1n) is 6.78. The SMILES string of the molecule is C=C(CCC(=C)c1ccc2[nH]cnc2c1)c1cncnc1. The summed E-state index contributed by atoms with van der Waals surface area (Å²) in [6.07, 6.45) is 8.49. The molecule has 2 aromatic heterocycles. The average molecular weight is 276 g/mol. The Labute approximate surface area is 123 Å². The molecule has 21 heavy (non-hydrogen) atoms. The Kier molecular flexibility index (Phi) is 3.60. The number of imidazole rings is 1. The second kappa shape index (κ2) is 5.71. The van der Waals surface area contributed by atoms with Crippen molar-refractivity contribution in [3.8, 4) is 0 Å². The Balaban J connectivity index is 1.67. The van der Waals surface area contributed by atoms with Crippen molar-refractivity contribution in [1.82, 2.24) is 19.9 Å². The molecule has 0 radical (unpaired) electrons. The number of nitrogens with zero attached hydrogens (tertiary/aromatic N) is 3. The number of fused-ring (bicyclic) bond motifs is 1. The van der Waals surface area contributed by atoms with Gasteiger partial charge in [0.1, 0.15) is 6.33 Å². The van der Waals surface area contributed by atoms with Crippen molar-refractivity contribution in [2.45, 2.75) is 12.8 Å². The summed E-state index contributed by atoms with van der Waals surface area (Å²) in [4.78, 5) is 15.4. The van der Waals surface area contributed by atoms with Crippen molar-refractivity contribution in [2.24, 2.45) is 0 Å². The Morgan fingerprint density at radius 1 is 1.00 bits per heavy atom. The number of nitrogens with one attached hydrogen (secondary N) is 1. The van der Waals surface area contributed by atoms with Crippen LogP contribution in [0.4, 0.5) is 0 Å². The molecule has 2 heterocycles. The predicted octanol–water partition coefficient (Wildman–Crippen LogP) is 3.86. The number of H-pyrrole nitrogens is 1. The maximum atomic E-state index is 4.27. The number of aromatic amines is 1. The second-order valence-corrected chi connectivity index (χ2v) is 4.97. The topological polar surface area (TPSA) is 54.5 Å². The third-order valence-corrected chi connectivity index (χ3v) is 3.53. The van der Waals surface area contributed by atoms with Gasteiger partial charge in [-0.1, -0.05) is 19.2 Å². The number of benzene rings is 1. The summed E-state index contributed by atoms with van der Waals surface area (Å²) in [5, 5.41) is 0. The molecular weight excluding hydrogens is 260 g/mol. The highest BCUT2D eigenvalue weighted by molar-refractivity contribution is 5.80. The zero-order valence-electron chi connectivity index (χ0n) is 11.7. The van der Waals surface area contributed by atoms with Crippen molar-refractivity contribution in [3.63, 3.8) is 0 Å². The van der Waals surface area contributed by atoms with E-state index in [0.29, 0.717) is 0 Å². The fourth-order valence-corrected chi connectivity index (χ4v) is 2.22. The van der Waals surface area contributed by atoms with Crippen molar-refractivity contribution in [1.29, 1.82) is 0 Å². The Bertz CT molecular complexity index is 787. The molecule has 1 aromatic carbocycles. The molecule has 0 aliphatic rings. The summed E-state index contributed by atoms with van der Waals surface area (Å²) >= 11 is 0. The normalized spacial score (nSPS) is 10.7. The van der Waals surface area contributed by atoms with Gasteiger partial charge in [-0.2, -0.15) is 0 Å². The highest BCUT2D eigenvalue weighted by Crippen LogP contribution is 2.25. The quantitative estimate of drug-likeness (QED) is 0.769. The van der Waals surface area contributed by atoms with E-state index in [0.717, 1.165) is 46.1 Å². The monoisotopic (exact) mass is 276 g/mol. The Hall–Kier alpha value is -2.75. The van der Waals surface area contributed by atoms with E-state index in [1.54, 1.807) is 18.7 Å². The first-order valence-corrected chi connectivity index (χ1v) is 6.78. The third kappa shape index (κ3) is 2.89. The minimum atomic E-state index is 0.838. The van der Waals surface area contributed by atoms with E-state index >= 15 is 0 Å². The summed E-state index contributed by atoms with van der Waals surface area (Å²) in [5.74, 6) is 0. The van der Waals surface area contributed by atoms with E-state index in [-0.39, 0.29) is 0 Å². The average Bonchev–Trinajstić information content (AvgIpc) is 3.00. The molecule has 1 N–H and O–H groups in total. The Morgan fingerprint density at radius 3 is 2.48 bits per heavy atom. The molecule has 0 unspecified atom stereocenters. The standard InChI is InChI=1S/C17H16N4/c1-12(3-4-13(2)15-8-18-10-19-9-15)14-5-6-16-17(7-14)21-11-20-16/h5-11H,1-4H2,(H,20,21). The summed E-state index contributed by atoms with van der Waals surface area (Å²) in [5.41, 5.74) is 6.21. The lowest BCUT2D eigenvalue weighted by molar-refractivity contribution is 1.07. The fourth-order valence-electron chi connectivity index (χ4n) is 2.22. The third-order valence-electron chi connectivity index (χ3n) is 3.53. The fraction of sp³-hybridized carbons (Fsp3) is 0.118. The number of hydrogen-bond acceptors (Lipinski definition) is 3. The lowest BCUT2D eigenvalue weighted by Crippen LogP contribution is -1.89. The van der Waals surface area contributed by atoms with Gasteiger partial charge in [-0.15, -0.1) is 0 Å². The van der Waals surface area contributed by atoms with Crippen LogP contribution in [0.15, 0.2) is 56.4 Å².